The molecule has 0 radical (unpaired) electrons. The lowest BCUT2D eigenvalue weighted by atomic mass is 9.70. The van der Waals surface area contributed by atoms with E-state index in [9.17, 15) is 14.7 Å². The van der Waals surface area contributed by atoms with Crippen LogP contribution in [0.4, 0.5) is 0 Å². The molecule has 2 aliphatic rings. The van der Waals surface area contributed by atoms with Crippen LogP contribution in [-0.4, -0.2) is 23.5 Å². The van der Waals surface area contributed by atoms with Gasteiger partial charge >= 0.3 is 5.97 Å². The number of rotatable bonds is 2. The van der Waals surface area contributed by atoms with Gasteiger partial charge in [0.1, 0.15) is 0 Å². The number of fused-ring (bicyclic) bond motifs is 2. The van der Waals surface area contributed by atoms with Crippen molar-refractivity contribution in [3.05, 3.63) is 11.3 Å². The molecule has 2 fully saturated rings. The molecule has 2 unspecified atom stereocenters. The molecule has 1 N–H and O–H groups in total. The van der Waals surface area contributed by atoms with E-state index >= 15 is 0 Å². The Kier molecular flexibility index (Phi) is 2.80. The molecule has 2 rings (SSSR count). The first-order valence-electron chi connectivity index (χ1n) is 6.42. The van der Waals surface area contributed by atoms with Crippen molar-refractivity contribution in [2.24, 2.45) is 16.7 Å². The summed E-state index contributed by atoms with van der Waals surface area (Å²) in [6, 6.07) is 0. The Morgan fingerprint density at radius 3 is 2.50 bits per heavy atom. The summed E-state index contributed by atoms with van der Waals surface area (Å²) >= 11 is 0. The second-order valence-corrected chi connectivity index (χ2v) is 5.96. The molecule has 0 aliphatic heterocycles. The Labute approximate surface area is 107 Å². The van der Waals surface area contributed by atoms with Gasteiger partial charge in [-0.05, 0) is 31.1 Å². The van der Waals surface area contributed by atoms with Crippen LogP contribution in [0.1, 0.15) is 40.5 Å². The Balaban J connectivity index is 2.47. The van der Waals surface area contributed by atoms with Crippen molar-refractivity contribution >= 4 is 11.8 Å². The van der Waals surface area contributed by atoms with Crippen LogP contribution in [0.2, 0.25) is 0 Å². The predicted octanol–water partition coefficient (Wildman–Crippen LogP) is 2.39. The smallest absolute Gasteiger partial charge is 0.373 e. The largest absolute Gasteiger partial charge is 0.502 e. The average Bonchev–Trinajstić information content (AvgIpc) is 2.60. The van der Waals surface area contributed by atoms with Crippen molar-refractivity contribution < 1.29 is 19.4 Å². The van der Waals surface area contributed by atoms with Gasteiger partial charge in [-0.3, -0.25) is 4.79 Å². The van der Waals surface area contributed by atoms with Crippen LogP contribution in [0.15, 0.2) is 11.3 Å². The van der Waals surface area contributed by atoms with Crippen molar-refractivity contribution in [3.63, 3.8) is 0 Å². The lowest BCUT2D eigenvalue weighted by Gasteiger charge is -2.31. The zero-order valence-corrected chi connectivity index (χ0v) is 11.4. The van der Waals surface area contributed by atoms with Crippen molar-refractivity contribution in [1.29, 1.82) is 0 Å². The van der Waals surface area contributed by atoms with Gasteiger partial charge in [0.15, 0.2) is 5.78 Å². The highest BCUT2D eigenvalue weighted by molar-refractivity contribution is 6.09. The third kappa shape index (κ3) is 1.38. The molecule has 0 amide bonds. The summed E-state index contributed by atoms with van der Waals surface area (Å²) in [6.45, 7) is 7.86. The third-order valence-corrected chi connectivity index (χ3v) is 5.04. The van der Waals surface area contributed by atoms with E-state index in [1.54, 1.807) is 6.92 Å². The zero-order chi connectivity index (χ0) is 13.7. The SMILES string of the molecule is CCOC(=O)/C(O)=C1/C(=O)C2(C)CCC1C2(C)C. The summed E-state index contributed by atoms with van der Waals surface area (Å²) in [7, 11) is 0. The number of hydrogen-bond donors (Lipinski definition) is 1. The topological polar surface area (TPSA) is 63.6 Å². The molecular weight excluding hydrogens is 232 g/mol. The Bertz CT molecular complexity index is 447. The molecule has 100 valence electrons. The summed E-state index contributed by atoms with van der Waals surface area (Å²) in [5.74, 6) is -1.40. The fourth-order valence-corrected chi connectivity index (χ4v) is 3.45. The molecule has 0 aromatic heterocycles. The highest BCUT2D eigenvalue weighted by Gasteiger charge is 2.65. The van der Waals surface area contributed by atoms with Crippen molar-refractivity contribution in [3.8, 4) is 0 Å². The number of hydrogen-bond acceptors (Lipinski definition) is 4. The standard InChI is InChI=1S/C14H20O4/c1-5-18-12(17)10(15)9-8-6-7-14(4,11(9)16)13(8,2)3/h8,15H,5-7H2,1-4H3/b10-9-. The second kappa shape index (κ2) is 3.84. The molecule has 0 spiro atoms. The maximum atomic E-state index is 12.4. The Hall–Kier alpha value is -1.32. The first-order valence-corrected chi connectivity index (χ1v) is 6.42. The van der Waals surface area contributed by atoms with Gasteiger partial charge in [-0.15, -0.1) is 0 Å². The van der Waals surface area contributed by atoms with Gasteiger partial charge in [0.05, 0.1) is 6.61 Å². The van der Waals surface area contributed by atoms with Crippen molar-refractivity contribution in [2.45, 2.75) is 40.5 Å². The second-order valence-electron chi connectivity index (χ2n) is 5.96. The minimum atomic E-state index is -0.784. The molecule has 0 aromatic rings. The number of ether oxygens (including phenoxy) is 1. The number of ketones is 1. The number of esters is 1. The van der Waals surface area contributed by atoms with E-state index in [0.29, 0.717) is 0 Å². The summed E-state index contributed by atoms with van der Waals surface area (Å²) in [4.78, 5) is 24.0. The summed E-state index contributed by atoms with van der Waals surface area (Å²) in [5, 5.41) is 9.97. The van der Waals surface area contributed by atoms with Crippen LogP contribution in [0.25, 0.3) is 0 Å². The molecular formula is C14H20O4. The van der Waals surface area contributed by atoms with Crippen LogP contribution in [0, 0.1) is 16.7 Å². The van der Waals surface area contributed by atoms with Gasteiger partial charge in [-0.1, -0.05) is 20.8 Å². The third-order valence-electron chi connectivity index (χ3n) is 5.04. The number of carbonyl (C=O) groups is 2. The molecule has 0 heterocycles. The summed E-state index contributed by atoms with van der Waals surface area (Å²) in [5.41, 5.74) is -0.389. The van der Waals surface area contributed by atoms with Crippen LogP contribution in [0.3, 0.4) is 0 Å². The first-order chi connectivity index (χ1) is 8.27. The maximum Gasteiger partial charge on any atom is 0.373 e. The van der Waals surface area contributed by atoms with E-state index in [0.717, 1.165) is 12.8 Å². The quantitative estimate of drug-likeness (QED) is 0.465. The van der Waals surface area contributed by atoms with E-state index in [2.05, 4.69) is 0 Å². The van der Waals surface area contributed by atoms with Gasteiger partial charge < -0.3 is 9.84 Å². The monoisotopic (exact) mass is 252 g/mol. The predicted molar refractivity (Wildman–Crippen MR) is 65.9 cm³/mol. The fourth-order valence-electron chi connectivity index (χ4n) is 3.45. The van der Waals surface area contributed by atoms with Gasteiger partial charge in [-0.2, -0.15) is 0 Å². The highest BCUT2D eigenvalue weighted by Crippen LogP contribution is 2.65. The fraction of sp³-hybridized carbons (Fsp3) is 0.714. The summed E-state index contributed by atoms with van der Waals surface area (Å²) in [6.07, 6.45) is 1.66. The molecule has 2 bridgehead atoms. The van der Waals surface area contributed by atoms with Gasteiger partial charge in [0.25, 0.3) is 0 Å². The van der Waals surface area contributed by atoms with Crippen LogP contribution in [0.5, 0.6) is 0 Å². The molecule has 2 atom stereocenters. The molecule has 0 saturated heterocycles. The first kappa shape index (κ1) is 13.1. The normalized spacial score (nSPS) is 35.8. The Morgan fingerprint density at radius 1 is 1.44 bits per heavy atom. The van der Waals surface area contributed by atoms with Crippen molar-refractivity contribution in [2.75, 3.05) is 6.61 Å². The van der Waals surface area contributed by atoms with E-state index in [1.165, 1.54) is 0 Å². The minimum Gasteiger partial charge on any atom is -0.502 e. The van der Waals surface area contributed by atoms with Gasteiger partial charge in [-0.25, -0.2) is 4.79 Å². The van der Waals surface area contributed by atoms with E-state index < -0.39 is 17.1 Å². The minimum absolute atomic E-state index is 0.0422. The van der Waals surface area contributed by atoms with Crippen LogP contribution < -0.4 is 0 Å². The molecule has 18 heavy (non-hydrogen) atoms. The molecule has 4 nitrogen and oxygen atoms in total. The number of carbonyl (C=O) groups excluding carboxylic acids is 2. The molecule has 4 heteroatoms. The average molecular weight is 252 g/mol. The molecule has 2 saturated carbocycles. The number of allylic oxidation sites excluding steroid dienone is 1. The summed E-state index contributed by atoms with van der Waals surface area (Å²) < 4.78 is 4.77. The Morgan fingerprint density at radius 2 is 2.06 bits per heavy atom. The van der Waals surface area contributed by atoms with E-state index in [4.69, 9.17) is 4.74 Å². The van der Waals surface area contributed by atoms with Crippen molar-refractivity contribution in [1.82, 2.24) is 0 Å². The number of aliphatic hydroxyl groups excluding tert-OH is 1. The van der Waals surface area contributed by atoms with Crippen LogP contribution in [-0.2, 0) is 14.3 Å². The van der Waals surface area contributed by atoms with Gasteiger partial charge in [0, 0.05) is 11.0 Å². The van der Waals surface area contributed by atoms with Gasteiger partial charge in [0.2, 0.25) is 5.76 Å². The number of aliphatic hydroxyl groups is 1. The lowest BCUT2D eigenvalue weighted by molar-refractivity contribution is -0.142. The molecule has 2 aliphatic carbocycles. The van der Waals surface area contributed by atoms with Crippen LogP contribution >= 0.6 is 0 Å². The zero-order valence-electron chi connectivity index (χ0n) is 11.4. The van der Waals surface area contributed by atoms with E-state index in [-0.39, 0.29) is 29.3 Å². The maximum absolute atomic E-state index is 12.4. The van der Waals surface area contributed by atoms with E-state index in [1.807, 2.05) is 20.8 Å². The lowest BCUT2D eigenvalue weighted by Crippen LogP contribution is -2.32. The number of Topliss-reactive ketones (excluding diaryl/α,β-unsaturated/α-hetero) is 1. The molecule has 0 aromatic carbocycles. The highest BCUT2D eigenvalue weighted by atomic mass is 16.5.